The second kappa shape index (κ2) is 9.88. The number of benzene rings is 1. The molecular weight excluding hydrogens is 358 g/mol. The van der Waals surface area contributed by atoms with Crippen LogP contribution in [0.15, 0.2) is 47.6 Å². The number of nitrogens with zero attached hydrogens (tertiary/aromatic N) is 2. The fourth-order valence-corrected chi connectivity index (χ4v) is 3.85. The number of amides is 1. The van der Waals surface area contributed by atoms with Crippen molar-refractivity contribution in [2.24, 2.45) is 0 Å². The molecule has 2 aromatic rings. The molecule has 1 aromatic heterocycles. The molecule has 144 valence electrons. The summed E-state index contributed by atoms with van der Waals surface area (Å²) >= 11 is 1.67. The third-order valence-corrected chi connectivity index (χ3v) is 5.49. The number of morpholine rings is 1. The fraction of sp³-hybridized carbons (Fsp3) is 0.429. The van der Waals surface area contributed by atoms with Gasteiger partial charge in [-0.15, -0.1) is 11.8 Å². The van der Waals surface area contributed by atoms with Crippen LogP contribution in [0.4, 0.5) is 0 Å². The molecule has 3 rings (SSSR count). The summed E-state index contributed by atoms with van der Waals surface area (Å²) in [6, 6.07) is 12.4. The van der Waals surface area contributed by atoms with Crippen LogP contribution < -0.4 is 5.32 Å². The molecule has 1 saturated heterocycles. The largest absolute Gasteiger partial charge is 0.379 e. The average molecular weight is 386 g/mol. The molecule has 1 aliphatic rings. The van der Waals surface area contributed by atoms with Crippen LogP contribution >= 0.6 is 11.8 Å². The number of hydrogen-bond donors (Lipinski definition) is 1. The van der Waals surface area contributed by atoms with E-state index < -0.39 is 0 Å². The Balaban J connectivity index is 1.69. The SMILES string of the molecule is CCSc1ccc(C(=O)NCC(c2cccc(C)c2)N2CCOCC2)cn1. The number of nitrogens with one attached hydrogen (secondary N) is 1. The van der Waals surface area contributed by atoms with Gasteiger partial charge in [0.25, 0.3) is 5.91 Å². The van der Waals surface area contributed by atoms with Gasteiger partial charge in [-0.1, -0.05) is 36.8 Å². The normalized spacial score (nSPS) is 16.1. The van der Waals surface area contributed by atoms with Crippen LogP contribution in [0.25, 0.3) is 0 Å². The summed E-state index contributed by atoms with van der Waals surface area (Å²) in [6.07, 6.45) is 1.66. The maximum Gasteiger partial charge on any atom is 0.252 e. The second-order valence-electron chi connectivity index (χ2n) is 6.61. The maximum absolute atomic E-state index is 12.6. The Morgan fingerprint density at radius 1 is 1.30 bits per heavy atom. The third-order valence-electron chi connectivity index (χ3n) is 4.66. The van der Waals surface area contributed by atoms with E-state index in [4.69, 9.17) is 4.74 Å². The van der Waals surface area contributed by atoms with Crippen molar-refractivity contribution in [2.45, 2.75) is 24.9 Å². The van der Waals surface area contributed by atoms with Crippen LogP contribution in [-0.4, -0.2) is 54.4 Å². The van der Waals surface area contributed by atoms with Gasteiger partial charge in [-0.05, 0) is 30.4 Å². The molecule has 0 bridgehead atoms. The van der Waals surface area contributed by atoms with Crippen molar-refractivity contribution in [3.05, 3.63) is 59.3 Å². The molecule has 0 aliphatic carbocycles. The van der Waals surface area contributed by atoms with E-state index in [0.29, 0.717) is 12.1 Å². The van der Waals surface area contributed by atoms with Gasteiger partial charge in [-0.3, -0.25) is 9.69 Å². The zero-order chi connectivity index (χ0) is 19.1. The average Bonchev–Trinajstić information content (AvgIpc) is 2.70. The first kappa shape index (κ1) is 19.9. The number of pyridine rings is 1. The van der Waals surface area contributed by atoms with Crippen LogP contribution in [-0.2, 0) is 4.74 Å². The van der Waals surface area contributed by atoms with E-state index in [2.05, 4.69) is 53.3 Å². The van der Waals surface area contributed by atoms with Crippen LogP contribution in [0.2, 0.25) is 0 Å². The first-order valence-corrected chi connectivity index (χ1v) is 10.4. The Kier molecular flexibility index (Phi) is 7.26. The Labute approximate surface area is 165 Å². The van der Waals surface area contributed by atoms with Crippen molar-refractivity contribution in [1.82, 2.24) is 15.2 Å². The smallest absolute Gasteiger partial charge is 0.252 e. The molecule has 0 radical (unpaired) electrons. The van der Waals surface area contributed by atoms with Gasteiger partial charge in [0.15, 0.2) is 0 Å². The lowest BCUT2D eigenvalue weighted by molar-refractivity contribution is 0.0162. The number of carbonyl (C=O) groups excluding carboxylic acids is 1. The predicted molar refractivity (Wildman–Crippen MR) is 109 cm³/mol. The first-order valence-electron chi connectivity index (χ1n) is 9.43. The summed E-state index contributed by atoms with van der Waals surface area (Å²) in [6.45, 7) is 7.96. The summed E-state index contributed by atoms with van der Waals surface area (Å²) in [5, 5.41) is 4.04. The Morgan fingerprint density at radius 3 is 2.78 bits per heavy atom. The van der Waals surface area contributed by atoms with Crippen LogP contribution in [0.3, 0.4) is 0 Å². The molecule has 1 fully saturated rings. The van der Waals surface area contributed by atoms with E-state index in [1.165, 1.54) is 11.1 Å². The summed E-state index contributed by atoms with van der Waals surface area (Å²) < 4.78 is 5.50. The molecule has 1 aliphatic heterocycles. The van der Waals surface area contributed by atoms with Gasteiger partial charge in [0, 0.05) is 25.8 Å². The van der Waals surface area contributed by atoms with E-state index in [0.717, 1.165) is 37.1 Å². The quantitative estimate of drug-likeness (QED) is 0.741. The van der Waals surface area contributed by atoms with Crippen molar-refractivity contribution in [1.29, 1.82) is 0 Å². The topological polar surface area (TPSA) is 54.5 Å². The van der Waals surface area contributed by atoms with Crippen LogP contribution in [0, 0.1) is 6.92 Å². The lowest BCUT2D eigenvalue weighted by atomic mass is 10.0. The van der Waals surface area contributed by atoms with Gasteiger partial charge >= 0.3 is 0 Å². The van der Waals surface area contributed by atoms with Crippen molar-refractivity contribution in [3.63, 3.8) is 0 Å². The van der Waals surface area contributed by atoms with E-state index >= 15 is 0 Å². The van der Waals surface area contributed by atoms with E-state index in [1.807, 2.05) is 12.1 Å². The molecule has 1 amide bonds. The Hall–Kier alpha value is -1.89. The molecule has 27 heavy (non-hydrogen) atoms. The summed E-state index contributed by atoms with van der Waals surface area (Å²) in [7, 11) is 0. The van der Waals surface area contributed by atoms with Gasteiger partial charge in [0.2, 0.25) is 0 Å². The molecule has 5 nitrogen and oxygen atoms in total. The van der Waals surface area contributed by atoms with Crippen molar-refractivity contribution >= 4 is 17.7 Å². The highest BCUT2D eigenvalue weighted by molar-refractivity contribution is 7.99. The van der Waals surface area contributed by atoms with Gasteiger partial charge in [0.05, 0.1) is 29.8 Å². The van der Waals surface area contributed by atoms with Crippen molar-refractivity contribution < 1.29 is 9.53 Å². The molecule has 0 spiro atoms. The standard InChI is InChI=1S/C21H27N3O2S/c1-3-27-20-8-7-18(14-22-20)21(25)23-15-19(24-9-11-26-12-10-24)17-6-4-5-16(2)13-17/h4-8,13-14,19H,3,9-12,15H2,1-2H3,(H,23,25). The highest BCUT2D eigenvalue weighted by Crippen LogP contribution is 2.22. The van der Waals surface area contributed by atoms with Crippen molar-refractivity contribution in [3.8, 4) is 0 Å². The monoisotopic (exact) mass is 385 g/mol. The van der Waals surface area contributed by atoms with Gasteiger partial charge < -0.3 is 10.1 Å². The molecule has 1 atom stereocenters. The highest BCUT2D eigenvalue weighted by atomic mass is 32.2. The number of aromatic nitrogens is 1. The number of hydrogen-bond acceptors (Lipinski definition) is 5. The lowest BCUT2D eigenvalue weighted by Gasteiger charge is -2.35. The third kappa shape index (κ3) is 5.54. The van der Waals surface area contributed by atoms with Gasteiger partial charge in [0.1, 0.15) is 0 Å². The minimum atomic E-state index is -0.0820. The van der Waals surface area contributed by atoms with E-state index in [1.54, 1.807) is 18.0 Å². The van der Waals surface area contributed by atoms with E-state index in [9.17, 15) is 4.79 Å². The predicted octanol–water partition coefficient (Wildman–Crippen LogP) is 3.31. The fourth-order valence-electron chi connectivity index (χ4n) is 3.26. The van der Waals surface area contributed by atoms with E-state index in [-0.39, 0.29) is 11.9 Å². The maximum atomic E-state index is 12.6. The molecule has 1 aromatic carbocycles. The number of rotatable bonds is 7. The molecule has 2 heterocycles. The summed E-state index contributed by atoms with van der Waals surface area (Å²) in [5.74, 6) is 0.887. The molecular formula is C21H27N3O2S. The van der Waals surface area contributed by atoms with Crippen molar-refractivity contribution in [2.75, 3.05) is 38.6 Å². The Bertz CT molecular complexity index is 745. The lowest BCUT2D eigenvalue weighted by Crippen LogP contribution is -2.43. The van der Waals surface area contributed by atoms with Gasteiger partial charge in [-0.25, -0.2) is 4.98 Å². The molecule has 6 heteroatoms. The molecule has 1 unspecified atom stereocenters. The zero-order valence-electron chi connectivity index (χ0n) is 16.0. The highest BCUT2D eigenvalue weighted by Gasteiger charge is 2.23. The first-order chi connectivity index (χ1) is 13.2. The number of ether oxygens (including phenoxy) is 1. The number of aryl methyl sites for hydroxylation is 1. The second-order valence-corrected chi connectivity index (χ2v) is 7.89. The minimum Gasteiger partial charge on any atom is -0.379 e. The number of thioether (sulfide) groups is 1. The minimum absolute atomic E-state index is 0.0820. The number of carbonyl (C=O) groups is 1. The van der Waals surface area contributed by atoms with Crippen LogP contribution in [0.5, 0.6) is 0 Å². The molecule has 1 N–H and O–H groups in total. The summed E-state index contributed by atoms with van der Waals surface area (Å²) in [5.41, 5.74) is 3.05. The Morgan fingerprint density at radius 2 is 2.11 bits per heavy atom. The molecule has 0 saturated carbocycles. The summed E-state index contributed by atoms with van der Waals surface area (Å²) in [4.78, 5) is 19.3. The zero-order valence-corrected chi connectivity index (χ0v) is 16.8. The van der Waals surface area contributed by atoms with Crippen LogP contribution in [0.1, 0.15) is 34.5 Å². The van der Waals surface area contributed by atoms with Gasteiger partial charge in [-0.2, -0.15) is 0 Å².